The van der Waals surface area contributed by atoms with Crippen LogP contribution in [-0.2, 0) is 6.54 Å². The molecule has 1 N–H and O–H groups in total. The van der Waals surface area contributed by atoms with Gasteiger partial charge in [0.15, 0.2) is 11.3 Å². The zero-order chi connectivity index (χ0) is 21.1. The van der Waals surface area contributed by atoms with Crippen molar-refractivity contribution in [1.82, 2.24) is 10.2 Å². The first-order chi connectivity index (χ1) is 14.6. The first-order valence-electron chi connectivity index (χ1n) is 9.84. The summed E-state index contributed by atoms with van der Waals surface area (Å²) < 4.78 is 10.5. The molecule has 0 spiro atoms. The third-order valence-electron chi connectivity index (χ3n) is 5.24. The van der Waals surface area contributed by atoms with Crippen LogP contribution in [-0.4, -0.2) is 36.9 Å². The normalized spacial score (nSPS) is 13.4. The van der Waals surface area contributed by atoms with E-state index in [1.807, 2.05) is 4.90 Å². The number of hydrogen-bond acceptors (Lipinski definition) is 5. The minimum atomic E-state index is -0.726. The van der Waals surface area contributed by atoms with Gasteiger partial charge in [-0.15, -0.1) is 0 Å². The van der Waals surface area contributed by atoms with Crippen molar-refractivity contribution >= 4 is 22.8 Å². The Bertz CT molecular complexity index is 1140. The van der Waals surface area contributed by atoms with E-state index < -0.39 is 11.5 Å². The zero-order valence-electron chi connectivity index (χ0n) is 16.6. The van der Waals surface area contributed by atoms with Crippen LogP contribution >= 0.6 is 0 Å². The van der Waals surface area contributed by atoms with Crippen molar-refractivity contribution in [2.75, 3.05) is 20.2 Å². The number of carbonyl (C=O) groups is 2. The predicted octanol–water partition coefficient (Wildman–Crippen LogP) is 2.97. The van der Waals surface area contributed by atoms with Gasteiger partial charge < -0.3 is 19.4 Å². The molecule has 3 aromatic rings. The second-order valence-corrected chi connectivity index (χ2v) is 7.21. The molecule has 1 aromatic heterocycles. The van der Waals surface area contributed by atoms with Gasteiger partial charge in [-0.1, -0.05) is 24.3 Å². The second-order valence-electron chi connectivity index (χ2n) is 7.21. The molecule has 0 aliphatic carbocycles. The molecule has 1 aliphatic rings. The maximum absolute atomic E-state index is 12.5. The quantitative estimate of drug-likeness (QED) is 0.658. The number of hydrogen-bond donors (Lipinski definition) is 1. The molecule has 1 aliphatic heterocycles. The number of amides is 2. The van der Waals surface area contributed by atoms with Crippen LogP contribution in [0.1, 0.15) is 39.1 Å². The lowest BCUT2D eigenvalue weighted by molar-refractivity contribution is 0.0792. The van der Waals surface area contributed by atoms with Gasteiger partial charge in [0.2, 0.25) is 0 Å². The Kier molecular flexibility index (Phi) is 5.52. The van der Waals surface area contributed by atoms with E-state index >= 15 is 0 Å². The molecule has 0 bridgehead atoms. The standard InChI is InChI=1S/C23H22N2O5/c1-29-19-6-4-5-17-13-18(23(28)30-20(17)19)21(26)24-14-15-7-9-16(10-8-15)22(27)25-11-2-3-12-25/h4-10,13H,2-3,11-12,14H2,1H3,(H,24,26). The Hall–Kier alpha value is -3.61. The summed E-state index contributed by atoms with van der Waals surface area (Å²) in [5.41, 5.74) is 0.969. The van der Waals surface area contributed by atoms with Gasteiger partial charge in [-0.2, -0.15) is 0 Å². The molecule has 0 radical (unpaired) electrons. The molecule has 7 nitrogen and oxygen atoms in total. The highest BCUT2D eigenvalue weighted by Crippen LogP contribution is 2.24. The summed E-state index contributed by atoms with van der Waals surface area (Å²) in [4.78, 5) is 39.1. The monoisotopic (exact) mass is 406 g/mol. The van der Waals surface area contributed by atoms with Crippen LogP contribution in [0.5, 0.6) is 5.75 Å². The lowest BCUT2D eigenvalue weighted by atomic mass is 10.1. The Balaban J connectivity index is 1.45. The van der Waals surface area contributed by atoms with Gasteiger partial charge in [-0.25, -0.2) is 4.79 Å². The Morgan fingerprint density at radius 2 is 1.83 bits per heavy atom. The van der Waals surface area contributed by atoms with Gasteiger partial charge in [0.25, 0.3) is 11.8 Å². The van der Waals surface area contributed by atoms with Crippen molar-refractivity contribution in [3.05, 3.63) is 75.6 Å². The van der Waals surface area contributed by atoms with Crippen LogP contribution in [0.4, 0.5) is 0 Å². The van der Waals surface area contributed by atoms with E-state index in [0.717, 1.165) is 31.5 Å². The van der Waals surface area contributed by atoms with Crippen LogP contribution in [0.3, 0.4) is 0 Å². The van der Waals surface area contributed by atoms with E-state index in [1.54, 1.807) is 42.5 Å². The first-order valence-corrected chi connectivity index (χ1v) is 9.84. The van der Waals surface area contributed by atoms with Gasteiger partial charge in [-0.3, -0.25) is 9.59 Å². The topological polar surface area (TPSA) is 88.9 Å². The van der Waals surface area contributed by atoms with Crippen molar-refractivity contribution in [2.45, 2.75) is 19.4 Å². The Morgan fingerprint density at radius 3 is 2.53 bits per heavy atom. The molecule has 30 heavy (non-hydrogen) atoms. The number of benzene rings is 2. The minimum absolute atomic E-state index is 0.0345. The molecule has 1 fully saturated rings. The Morgan fingerprint density at radius 1 is 1.10 bits per heavy atom. The lowest BCUT2D eigenvalue weighted by Gasteiger charge is -2.15. The van der Waals surface area contributed by atoms with Gasteiger partial charge in [0.05, 0.1) is 7.11 Å². The second kappa shape index (κ2) is 8.41. The maximum atomic E-state index is 12.5. The van der Waals surface area contributed by atoms with Crippen molar-refractivity contribution in [3.63, 3.8) is 0 Å². The summed E-state index contributed by atoms with van der Waals surface area (Å²) in [6.07, 6.45) is 2.09. The number of methoxy groups -OCH3 is 1. The highest BCUT2D eigenvalue weighted by atomic mass is 16.5. The fourth-order valence-corrected chi connectivity index (χ4v) is 3.58. The summed E-state index contributed by atoms with van der Waals surface area (Å²) in [6, 6.07) is 13.8. The van der Waals surface area contributed by atoms with Gasteiger partial charge >= 0.3 is 5.63 Å². The van der Waals surface area contributed by atoms with Crippen molar-refractivity contribution in [2.24, 2.45) is 0 Å². The van der Waals surface area contributed by atoms with Crippen LogP contribution in [0.15, 0.2) is 57.7 Å². The van der Waals surface area contributed by atoms with Crippen LogP contribution in [0, 0.1) is 0 Å². The fraction of sp³-hybridized carbons (Fsp3) is 0.261. The smallest absolute Gasteiger partial charge is 0.349 e. The molecule has 4 rings (SSSR count). The lowest BCUT2D eigenvalue weighted by Crippen LogP contribution is -2.28. The van der Waals surface area contributed by atoms with E-state index in [2.05, 4.69) is 5.32 Å². The average molecular weight is 406 g/mol. The van der Waals surface area contributed by atoms with Crippen molar-refractivity contribution < 1.29 is 18.7 Å². The van der Waals surface area contributed by atoms with E-state index in [4.69, 9.17) is 9.15 Å². The maximum Gasteiger partial charge on any atom is 0.349 e. The minimum Gasteiger partial charge on any atom is -0.493 e. The van der Waals surface area contributed by atoms with Gasteiger partial charge in [0.1, 0.15) is 5.56 Å². The number of para-hydroxylation sites is 1. The summed E-state index contributed by atoms with van der Waals surface area (Å²) in [7, 11) is 1.49. The summed E-state index contributed by atoms with van der Waals surface area (Å²) in [5, 5.41) is 3.33. The third kappa shape index (κ3) is 3.91. The van der Waals surface area contributed by atoms with Crippen LogP contribution < -0.4 is 15.7 Å². The number of rotatable bonds is 5. The number of likely N-dealkylation sites (tertiary alicyclic amines) is 1. The molecule has 0 unspecified atom stereocenters. The number of ether oxygens (including phenoxy) is 1. The number of nitrogens with zero attached hydrogens (tertiary/aromatic N) is 1. The molecule has 2 heterocycles. The molecular formula is C23H22N2O5. The molecule has 154 valence electrons. The van der Waals surface area contributed by atoms with Crippen molar-refractivity contribution in [1.29, 1.82) is 0 Å². The van der Waals surface area contributed by atoms with E-state index in [1.165, 1.54) is 13.2 Å². The van der Waals surface area contributed by atoms with Crippen LogP contribution in [0.25, 0.3) is 11.0 Å². The van der Waals surface area contributed by atoms with Gasteiger partial charge in [0, 0.05) is 30.6 Å². The van der Waals surface area contributed by atoms with Crippen molar-refractivity contribution in [3.8, 4) is 5.75 Å². The third-order valence-corrected chi connectivity index (χ3v) is 5.24. The Labute approximate surface area is 173 Å². The molecule has 2 aromatic carbocycles. The number of fused-ring (bicyclic) bond motifs is 1. The van der Waals surface area contributed by atoms with Crippen LogP contribution in [0.2, 0.25) is 0 Å². The van der Waals surface area contributed by atoms with E-state index in [-0.39, 0.29) is 18.0 Å². The summed E-state index contributed by atoms with van der Waals surface area (Å²) >= 11 is 0. The predicted molar refractivity (Wildman–Crippen MR) is 112 cm³/mol. The fourth-order valence-electron chi connectivity index (χ4n) is 3.58. The van der Waals surface area contributed by atoms with Gasteiger partial charge in [-0.05, 0) is 42.7 Å². The highest BCUT2D eigenvalue weighted by molar-refractivity contribution is 5.97. The zero-order valence-corrected chi connectivity index (χ0v) is 16.6. The first kappa shape index (κ1) is 19.7. The number of carbonyl (C=O) groups excluding carboxylic acids is 2. The largest absolute Gasteiger partial charge is 0.493 e. The SMILES string of the molecule is COc1cccc2cc(C(=O)NCc3ccc(C(=O)N4CCCC4)cc3)c(=O)oc12. The molecule has 2 amide bonds. The molecule has 7 heteroatoms. The highest BCUT2D eigenvalue weighted by Gasteiger charge is 2.19. The molecule has 1 saturated heterocycles. The van der Waals surface area contributed by atoms with E-state index in [0.29, 0.717) is 22.3 Å². The van der Waals surface area contributed by atoms with E-state index in [9.17, 15) is 14.4 Å². The summed E-state index contributed by atoms with van der Waals surface area (Å²) in [5.74, 6) is -0.0573. The molecule has 0 atom stereocenters. The summed E-state index contributed by atoms with van der Waals surface area (Å²) in [6.45, 7) is 1.83. The number of nitrogens with one attached hydrogen (secondary N) is 1. The molecular weight excluding hydrogens is 384 g/mol. The molecule has 0 saturated carbocycles. The average Bonchev–Trinajstić information content (AvgIpc) is 3.31.